The molecule has 0 aliphatic heterocycles. The second-order valence-corrected chi connectivity index (χ2v) is 8.72. The van der Waals surface area contributed by atoms with Gasteiger partial charge in [0.15, 0.2) is 11.6 Å². The van der Waals surface area contributed by atoms with E-state index in [1.165, 1.54) is 4.68 Å². The molecule has 0 saturated heterocycles. The van der Waals surface area contributed by atoms with Crippen molar-refractivity contribution < 1.29 is 54.7 Å². The summed E-state index contributed by atoms with van der Waals surface area (Å²) >= 11 is 0.721. The van der Waals surface area contributed by atoms with Crippen LogP contribution >= 0.6 is 11.8 Å². The van der Waals surface area contributed by atoms with Gasteiger partial charge in [-0.3, -0.25) is 14.9 Å². The van der Waals surface area contributed by atoms with Gasteiger partial charge in [-0.2, -0.15) is 30.7 Å². The topological polar surface area (TPSA) is 158 Å². The van der Waals surface area contributed by atoms with Gasteiger partial charge in [0.25, 0.3) is 11.6 Å². The van der Waals surface area contributed by atoms with Crippen molar-refractivity contribution in [3.63, 3.8) is 0 Å². The Labute approximate surface area is 226 Å². The summed E-state index contributed by atoms with van der Waals surface area (Å²) in [6, 6.07) is 2.53. The zero-order valence-electron chi connectivity index (χ0n) is 19.9. The molecule has 0 atom stereocenters. The number of pyridine rings is 1. The Morgan fingerprint density at radius 1 is 1.15 bits per heavy atom. The van der Waals surface area contributed by atoms with E-state index in [9.17, 15) is 50.0 Å². The van der Waals surface area contributed by atoms with Gasteiger partial charge < -0.3 is 15.2 Å². The fourth-order valence-corrected chi connectivity index (χ4v) is 3.86. The number of aromatic nitrogens is 5. The molecular weight excluding hydrogens is 602 g/mol. The molecule has 0 aliphatic carbocycles. The van der Waals surface area contributed by atoms with Crippen molar-refractivity contribution in [3.8, 4) is 0 Å². The lowest BCUT2D eigenvalue weighted by Crippen LogP contribution is -2.50. The van der Waals surface area contributed by atoms with E-state index in [0.717, 1.165) is 30.0 Å². The van der Waals surface area contributed by atoms with Gasteiger partial charge in [0.2, 0.25) is 5.16 Å². The predicted octanol–water partition coefficient (Wildman–Crippen LogP) is 3.82. The summed E-state index contributed by atoms with van der Waals surface area (Å²) in [6.45, 7) is -0.0463. The van der Waals surface area contributed by atoms with E-state index in [4.69, 9.17) is 9.84 Å². The number of carbonyl (C=O) groups excluding carboxylic acids is 1. The number of ether oxygens (including phenoxy) is 1. The molecule has 0 spiro atoms. The molecule has 2 N–H and O–H groups in total. The SMILES string of the molecule is O=C(Nc1ncc(C(F)(F)C(F)(F)C(F)(F)F)cc1F)c1cc([N+](=O)[O-])ccc1Sc1nnnn1CCOCCO. The Kier molecular flexibility index (Phi) is 9.44. The number of hydrogen-bond donors (Lipinski definition) is 2. The number of nitro benzene ring substituents is 1. The summed E-state index contributed by atoms with van der Waals surface area (Å²) in [5.74, 6) is -16.8. The van der Waals surface area contributed by atoms with Gasteiger partial charge in [-0.25, -0.2) is 14.1 Å². The van der Waals surface area contributed by atoms with E-state index >= 15 is 0 Å². The summed E-state index contributed by atoms with van der Waals surface area (Å²) in [5.41, 5.74) is -3.22. The number of rotatable bonds is 12. The zero-order chi connectivity index (χ0) is 30.6. The van der Waals surface area contributed by atoms with Crippen molar-refractivity contribution in [2.24, 2.45) is 0 Å². The van der Waals surface area contributed by atoms with Crippen LogP contribution in [0.25, 0.3) is 0 Å². The number of tetrazole rings is 1. The molecule has 0 saturated carbocycles. The Morgan fingerprint density at radius 2 is 1.85 bits per heavy atom. The smallest absolute Gasteiger partial charge is 0.394 e. The molecule has 1 aromatic carbocycles. The monoisotopic (exact) mass is 617 g/mol. The maximum atomic E-state index is 14.5. The van der Waals surface area contributed by atoms with Crippen LogP contribution in [0.5, 0.6) is 0 Å². The van der Waals surface area contributed by atoms with Crippen LogP contribution in [0.4, 0.5) is 46.6 Å². The van der Waals surface area contributed by atoms with Gasteiger partial charge in [0.05, 0.1) is 36.9 Å². The van der Waals surface area contributed by atoms with Gasteiger partial charge in [-0.1, -0.05) is 0 Å². The van der Waals surface area contributed by atoms with E-state index < -0.39 is 57.3 Å². The molecule has 0 fully saturated rings. The molecule has 0 radical (unpaired) electrons. The first-order valence-corrected chi connectivity index (χ1v) is 11.6. The van der Waals surface area contributed by atoms with E-state index in [0.29, 0.717) is 0 Å². The number of aliphatic hydroxyl groups is 1. The minimum atomic E-state index is -6.68. The van der Waals surface area contributed by atoms with Crippen molar-refractivity contribution in [3.05, 3.63) is 57.5 Å². The maximum absolute atomic E-state index is 14.5. The van der Waals surface area contributed by atoms with Crippen molar-refractivity contribution >= 4 is 29.2 Å². The number of anilines is 1. The van der Waals surface area contributed by atoms with Crippen LogP contribution in [0.15, 0.2) is 40.5 Å². The molecule has 3 aromatic rings. The molecule has 21 heteroatoms. The fourth-order valence-electron chi connectivity index (χ4n) is 2.96. The fraction of sp³-hybridized carbons (Fsp3) is 0.350. The summed E-state index contributed by atoms with van der Waals surface area (Å²) in [5, 5.41) is 32.8. The van der Waals surface area contributed by atoms with Gasteiger partial charge in [0.1, 0.15) is 0 Å². The molecule has 0 bridgehead atoms. The second kappa shape index (κ2) is 12.3. The van der Waals surface area contributed by atoms with Crippen LogP contribution in [0.1, 0.15) is 15.9 Å². The molecule has 12 nitrogen and oxygen atoms in total. The lowest BCUT2D eigenvalue weighted by atomic mass is 10.0. The second-order valence-electron chi connectivity index (χ2n) is 7.72. The third kappa shape index (κ3) is 6.85. The number of carbonyl (C=O) groups is 1. The van der Waals surface area contributed by atoms with Crippen molar-refractivity contribution in [2.45, 2.75) is 34.6 Å². The summed E-state index contributed by atoms with van der Waals surface area (Å²) in [7, 11) is 0. The number of alkyl halides is 7. The van der Waals surface area contributed by atoms with Crippen LogP contribution in [-0.4, -0.2) is 73.0 Å². The molecule has 222 valence electrons. The Balaban J connectivity index is 1.89. The average molecular weight is 617 g/mol. The van der Waals surface area contributed by atoms with Crippen LogP contribution in [0, 0.1) is 15.9 Å². The lowest BCUT2D eigenvalue weighted by Gasteiger charge is -2.28. The molecule has 0 aliphatic rings. The Hall–Kier alpha value is -3.98. The highest BCUT2D eigenvalue weighted by Gasteiger charge is 2.73. The molecule has 1 amide bonds. The lowest BCUT2D eigenvalue weighted by molar-refractivity contribution is -0.384. The first kappa shape index (κ1) is 31.5. The molecule has 0 unspecified atom stereocenters. The van der Waals surface area contributed by atoms with Gasteiger partial charge >= 0.3 is 18.0 Å². The van der Waals surface area contributed by atoms with E-state index in [-0.39, 0.29) is 48.7 Å². The highest BCUT2D eigenvalue weighted by atomic mass is 32.2. The molecule has 41 heavy (non-hydrogen) atoms. The van der Waals surface area contributed by atoms with Crippen molar-refractivity contribution in [2.75, 3.05) is 25.1 Å². The summed E-state index contributed by atoms with van der Waals surface area (Å²) in [4.78, 5) is 26.3. The number of halogens is 8. The molecule has 2 heterocycles. The maximum Gasteiger partial charge on any atom is 0.460 e. The van der Waals surface area contributed by atoms with Crippen molar-refractivity contribution in [1.29, 1.82) is 0 Å². The number of nitro groups is 1. The standard InChI is InChI=1S/C20H15F8N7O5S/c21-13-7-10(18(22,23)19(24,25)20(26,27)28)9-29-15(13)30-16(37)12-8-11(35(38)39)1-2-14(12)41-17-31-32-33-34(17)3-5-40-6-4-36/h1-2,7-9,36H,3-6H2,(H,29,30,37). The molecule has 3 rings (SSSR count). The number of nitrogens with one attached hydrogen (secondary N) is 1. The number of benzene rings is 1. The highest BCUT2D eigenvalue weighted by Crippen LogP contribution is 2.51. The van der Waals surface area contributed by atoms with E-state index in [2.05, 4.69) is 20.5 Å². The van der Waals surface area contributed by atoms with Crippen LogP contribution in [0.2, 0.25) is 0 Å². The van der Waals surface area contributed by atoms with Gasteiger partial charge in [-0.05, 0) is 34.3 Å². The Bertz CT molecular complexity index is 1420. The third-order valence-corrected chi connectivity index (χ3v) is 6.04. The number of nitrogens with zero attached hydrogens (tertiary/aromatic N) is 6. The minimum Gasteiger partial charge on any atom is -0.394 e. The highest BCUT2D eigenvalue weighted by molar-refractivity contribution is 7.99. The quantitative estimate of drug-likeness (QED) is 0.133. The minimum absolute atomic E-state index is 0.0330. The van der Waals surface area contributed by atoms with Crippen LogP contribution < -0.4 is 5.32 Å². The number of amides is 1. The number of aliphatic hydroxyl groups excluding tert-OH is 1. The first-order valence-electron chi connectivity index (χ1n) is 10.8. The Morgan fingerprint density at radius 3 is 2.46 bits per heavy atom. The normalized spacial score (nSPS) is 12.4. The predicted molar refractivity (Wildman–Crippen MR) is 120 cm³/mol. The third-order valence-electron chi connectivity index (χ3n) is 4.99. The van der Waals surface area contributed by atoms with Crippen LogP contribution in [0.3, 0.4) is 0 Å². The van der Waals surface area contributed by atoms with E-state index in [1.54, 1.807) is 5.32 Å². The van der Waals surface area contributed by atoms with Gasteiger partial charge in [0, 0.05) is 28.8 Å². The largest absolute Gasteiger partial charge is 0.460 e. The summed E-state index contributed by atoms with van der Waals surface area (Å²) in [6.07, 6.45) is -6.86. The summed E-state index contributed by atoms with van der Waals surface area (Å²) < 4.78 is 113. The zero-order valence-corrected chi connectivity index (χ0v) is 20.7. The number of non-ortho nitro benzene ring substituents is 1. The molecular formula is C20H15F8N7O5S. The van der Waals surface area contributed by atoms with E-state index in [1.807, 2.05) is 0 Å². The molecule has 2 aromatic heterocycles. The number of hydrogen-bond acceptors (Lipinski definition) is 10. The first-order chi connectivity index (χ1) is 19.1. The van der Waals surface area contributed by atoms with Crippen LogP contribution in [-0.2, 0) is 17.2 Å². The average Bonchev–Trinajstić information content (AvgIpc) is 3.33. The van der Waals surface area contributed by atoms with Crippen molar-refractivity contribution in [1.82, 2.24) is 25.2 Å². The van der Waals surface area contributed by atoms with Gasteiger partial charge in [-0.15, -0.1) is 5.10 Å².